The molecule has 1 aliphatic rings. The molecule has 1 saturated heterocycles. The second kappa shape index (κ2) is 5.09. The summed E-state index contributed by atoms with van der Waals surface area (Å²) in [5.74, 6) is 0.496. The lowest BCUT2D eigenvalue weighted by Gasteiger charge is -2.24. The fraction of sp³-hybridized carbons (Fsp3) is 0.545. The minimum atomic E-state index is -0.364. The van der Waals surface area contributed by atoms with Gasteiger partial charge in [0, 0.05) is 31.4 Å². The van der Waals surface area contributed by atoms with Crippen LogP contribution in [0.2, 0.25) is 0 Å². The third kappa shape index (κ3) is 2.36. The van der Waals surface area contributed by atoms with E-state index in [0.717, 1.165) is 25.9 Å². The maximum absolute atomic E-state index is 11.0. The quantitative estimate of drug-likeness (QED) is 0.627. The van der Waals surface area contributed by atoms with Gasteiger partial charge in [0.2, 0.25) is 5.82 Å². The lowest BCUT2D eigenvalue weighted by Crippen LogP contribution is -2.37. The monoisotopic (exact) mass is 236 g/mol. The Bertz CT molecular complexity index is 410. The number of nitrogens with one attached hydrogen (secondary N) is 1. The first-order chi connectivity index (χ1) is 8.24. The highest BCUT2D eigenvalue weighted by Gasteiger charge is 2.30. The Morgan fingerprint density at radius 1 is 1.71 bits per heavy atom. The normalized spacial score (nSPS) is 19.6. The molecule has 0 aromatic carbocycles. The van der Waals surface area contributed by atoms with Gasteiger partial charge in [-0.15, -0.1) is 0 Å². The summed E-state index contributed by atoms with van der Waals surface area (Å²) in [4.78, 5) is 16.8. The summed E-state index contributed by atoms with van der Waals surface area (Å²) in [6.45, 7) is 1.66. The van der Waals surface area contributed by atoms with Gasteiger partial charge in [0.1, 0.15) is 0 Å². The topological polar surface area (TPSA) is 71.3 Å². The average molecular weight is 236 g/mol. The lowest BCUT2D eigenvalue weighted by atomic mass is 10.2. The first kappa shape index (κ1) is 11.8. The van der Waals surface area contributed by atoms with Crippen LogP contribution in [0.5, 0.6) is 0 Å². The molecule has 1 aliphatic heterocycles. The highest BCUT2D eigenvalue weighted by atomic mass is 16.6. The molecule has 17 heavy (non-hydrogen) atoms. The minimum Gasteiger partial charge on any atom is -0.347 e. The van der Waals surface area contributed by atoms with E-state index in [0.29, 0.717) is 11.9 Å². The number of nitrogens with zero attached hydrogens (tertiary/aromatic N) is 3. The predicted octanol–water partition coefficient (Wildman–Crippen LogP) is 1.18. The van der Waals surface area contributed by atoms with Crippen molar-refractivity contribution in [1.29, 1.82) is 0 Å². The van der Waals surface area contributed by atoms with Crippen LogP contribution in [0.25, 0.3) is 0 Å². The zero-order valence-corrected chi connectivity index (χ0v) is 9.80. The van der Waals surface area contributed by atoms with Crippen LogP contribution in [-0.4, -0.2) is 36.1 Å². The Morgan fingerprint density at radius 3 is 3.24 bits per heavy atom. The van der Waals surface area contributed by atoms with Crippen LogP contribution >= 0.6 is 0 Å². The number of aromatic nitrogens is 1. The first-order valence-electron chi connectivity index (χ1n) is 5.74. The van der Waals surface area contributed by atoms with Gasteiger partial charge >= 0.3 is 5.69 Å². The van der Waals surface area contributed by atoms with Gasteiger partial charge in [-0.2, -0.15) is 0 Å². The van der Waals surface area contributed by atoms with Gasteiger partial charge in [-0.3, -0.25) is 10.1 Å². The third-order valence-corrected chi connectivity index (χ3v) is 3.05. The Labute approximate surface area is 99.8 Å². The molecule has 1 atom stereocenters. The van der Waals surface area contributed by atoms with E-state index >= 15 is 0 Å². The van der Waals surface area contributed by atoms with Crippen LogP contribution in [0.3, 0.4) is 0 Å². The minimum absolute atomic E-state index is 0.0931. The van der Waals surface area contributed by atoms with Crippen molar-refractivity contribution in [2.45, 2.75) is 18.9 Å². The molecule has 2 heterocycles. The van der Waals surface area contributed by atoms with Gasteiger partial charge in [-0.1, -0.05) is 0 Å². The molecule has 92 valence electrons. The number of hydrogen-bond acceptors (Lipinski definition) is 5. The summed E-state index contributed by atoms with van der Waals surface area (Å²) in [5.41, 5.74) is 0.0931. The highest BCUT2D eigenvalue weighted by molar-refractivity contribution is 5.58. The largest absolute Gasteiger partial charge is 0.347 e. The predicted molar refractivity (Wildman–Crippen MR) is 65.2 cm³/mol. The van der Waals surface area contributed by atoms with Crippen molar-refractivity contribution in [2.75, 3.05) is 25.0 Å². The molecule has 0 saturated carbocycles. The molecule has 0 amide bonds. The van der Waals surface area contributed by atoms with Crippen molar-refractivity contribution < 1.29 is 4.92 Å². The molecular formula is C11H16N4O2. The van der Waals surface area contributed by atoms with E-state index in [-0.39, 0.29) is 10.6 Å². The van der Waals surface area contributed by atoms with Gasteiger partial charge in [0.25, 0.3) is 0 Å². The Kier molecular flexibility index (Phi) is 3.53. The molecule has 0 bridgehead atoms. The van der Waals surface area contributed by atoms with E-state index in [1.165, 1.54) is 6.07 Å². The summed E-state index contributed by atoms with van der Waals surface area (Å²) in [6, 6.07) is 3.41. The van der Waals surface area contributed by atoms with E-state index in [4.69, 9.17) is 0 Å². The summed E-state index contributed by atoms with van der Waals surface area (Å²) in [5, 5.41) is 14.1. The number of hydrogen-bond donors (Lipinski definition) is 1. The molecule has 0 radical (unpaired) electrons. The molecule has 0 spiro atoms. The lowest BCUT2D eigenvalue weighted by molar-refractivity contribution is -0.384. The molecule has 1 aromatic heterocycles. The van der Waals surface area contributed by atoms with Crippen LogP contribution in [0.4, 0.5) is 11.5 Å². The molecule has 6 nitrogen and oxygen atoms in total. The standard InChI is InChI=1S/C11H16N4O2/c1-12-8-9-4-3-7-14(9)11-10(15(16)17)5-2-6-13-11/h2,5-6,9,12H,3-4,7-8H2,1H3. The van der Waals surface area contributed by atoms with Crippen molar-refractivity contribution in [1.82, 2.24) is 10.3 Å². The van der Waals surface area contributed by atoms with E-state index in [1.807, 2.05) is 11.9 Å². The zero-order chi connectivity index (χ0) is 12.3. The van der Waals surface area contributed by atoms with Crippen LogP contribution in [0, 0.1) is 10.1 Å². The van der Waals surface area contributed by atoms with E-state index in [1.54, 1.807) is 12.3 Å². The van der Waals surface area contributed by atoms with Crippen molar-refractivity contribution in [3.63, 3.8) is 0 Å². The van der Waals surface area contributed by atoms with Crippen molar-refractivity contribution in [3.05, 3.63) is 28.4 Å². The second-order valence-electron chi connectivity index (χ2n) is 4.15. The molecule has 1 aromatic rings. The van der Waals surface area contributed by atoms with Crippen molar-refractivity contribution in [2.24, 2.45) is 0 Å². The number of likely N-dealkylation sites (N-methyl/N-ethyl adjacent to an activating group) is 1. The summed E-state index contributed by atoms with van der Waals surface area (Å²) < 4.78 is 0. The van der Waals surface area contributed by atoms with Crippen LogP contribution < -0.4 is 10.2 Å². The number of nitro groups is 1. The molecule has 1 N–H and O–H groups in total. The maximum atomic E-state index is 11.0. The van der Waals surface area contributed by atoms with Crippen molar-refractivity contribution in [3.8, 4) is 0 Å². The number of anilines is 1. The highest BCUT2D eigenvalue weighted by Crippen LogP contribution is 2.30. The Balaban J connectivity index is 2.29. The first-order valence-corrected chi connectivity index (χ1v) is 5.74. The SMILES string of the molecule is CNCC1CCCN1c1ncccc1[N+](=O)[O-]. The second-order valence-corrected chi connectivity index (χ2v) is 4.15. The summed E-state index contributed by atoms with van der Waals surface area (Å²) >= 11 is 0. The summed E-state index contributed by atoms with van der Waals surface area (Å²) in [6.07, 6.45) is 3.71. The van der Waals surface area contributed by atoms with E-state index in [9.17, 15) is 10.1 Å². The molecule has 2 rings (SSSR count). The Hall–Kier alpha value is -1.69. The van der Waals surface area contributed by atoms with Crippen molar-refractivity contribution >= 4 is 11.5 Å². The fourth-order valence-electron chi connectivity index (χ4n) is 2.31. The van der Waals surface area contributed by atoms with Gasteiger partial charge in [0.15, 0.2) is 0 Å². The van der Waals surface area contributed by atoms with Gasteiger partial charge in [0.05, 0.1) is 4.92 Å². The van der Waals surface area contributed by atoms with Crippen LogP contribution in [-0.2, 0) is 0 Å². The van der Waals surface area contributed by atoms with E-state index < -0.39 is 0 Å². The summed E-state index contributed by atoms with van der Waals surface area (Å²) in [7, 11) is 1.89. The Morgan fingerprint density at radius 2 is 2.53 bits per heavy atom. The van der Waals surface area contributed by atoms with Crippen LogP contribution in [0.15, 0.2) is 18.3 Å². The molecule has 1 fully saturated rings. The number of pyridine rings is 1. The number of rotatable bonds is 4. The molecular weight excluding hydrogens is 220 g/mol. The molecule has 6 heteroatoms. The van der Waals surface area contributed by atoms with Gasteiger partial charge in [-0.25, -0.2) is 4.98 Å². The van der Waals surface area contributed by atoms with Gasteiger partial charge < -0.3 is 10.2 Å². The third-order valence-electron chi connectivity index (χ3n) is 3.05. The smallest absolute Gasteiger partial charge is 0.311 e. The van der Waals surface area contributed by atoms with Gasteiger partial charge in [-0.05, 0) is 26.0 Å². The molecule has 0 aliphatic carbocycles. The van der Waals surface area contributed by atoms with Crippen LogP contribution in [0.1, 0.15) is 12.8 Å². The molecule has 1 unspecified atom stereocenters. The maximum Gasteiger partial charge on any atom is 0.311 e. The zero-order valence-electron chi connectivity index (χ0n) is 9.80. The average Bonchev–Trinajstić information content (AvgIpc) is 2.77. The fourth-order valence-corrected chi connectivity index (χ4v) is 2.31. The van der Waals surface area contributed by atoms with E-state index in [2.05, 4.69) is 10.3 Å².